The van der Waals surface area contributed by atoms with Gasteiger partial charge in [0, 0.05) is 55.5 Å². The first kappa shape index (κ1) is 28.1. The number of ketones is 1. The molecule has 10 heteroatoms. The number of nitrogens with zero attached hydrogens (tertiary/aromatic N) is 3. The number of carbonyl (C=O) groups excluding carboxylic acids is 3. The van der Waals surface area contributed by atoms with Crippen LogP contribution in [0, 0.1) is 5.92 Å². The lowest BCUT2D eigenvalue weighted by molar-refractivity contribution is -0.132. The highest BCUT2D eigenvalue weighted by atomic mass is 35.5. The highest BCUT2D eigenvalue weighted by molar-refractivity contribution is 6.04. The van der Waals surface area contributed by atoms with Gasteiger partial charge in [-0.3, -0.25) is 14.5 Å². The number of imide groups is 1. The fraction of sp³-hybridized carbons (Fsp3) is 0.433. The molecule has 0 aliphatic carbocycles. The Morgan fingerprint density at radius 3 is 2.58 bits per heavy atom. The molecule has 212 valence electrons. The number of Topliss-reactive ketones (excluding diaryl/α,β-unsaturated/α-hetero) is 1. The number of urea groups is 1. The van der Waals surface area contributed by atoms with E-state index in [9.17, 15) is 14.4 Å². The van der Waals surface area contributed by atoms with E-state index in [0.717, 1.165) is 65.9 Å². The van der Waals surface area contributed by atoms with Crippen LogP contribution in [0.2, 0.25) is 0 Å². The molecule has 2 aromatic carbocycles. The fourth-order valence-electron chi connectivity index (χ4n) is 6.14. The van der Waals surface area contributed by atoms with Crippen molar-refractivity contribution in [1.82, 2.24) is 14.4 Å². The van der Waals surface area contributed by atoms with Gasteiger partial charge in [-0.25, -0.2) is 4.79 Å². The van der Waals surface area contributed by atoms with Gasteiger partial charge in [0.25, 0.3) is 0 Å². The molecule has 3 aliphatic rings. The quantitative estimate of drug-likeness (QED) is 0.400. The largest absolute Gasteiger partial charge is 1.00 e. The average Bonchev–Trinajstić information content (AvgIpc) is 3.27. The first-order valence-electron chi connectivity index (χ1n) is 13.6. The van der Waals surface area contributed by atoms with Gasteiger partial charge in [-0.15, -0.1) is 0 Å². The monoisotopic (exact) mass is 566 g/mol. The Balaban J connectivity index is 0.00000323. The Bertz CT molecular complexity index is 1430. The van der Waals surface area contributed by atoms with Gasteiger partial charge in [-0.1, -0.05) is 24.3 Å². The summed E-state index contributed by atoms with van der Waals surface area (Å²) in [7, 11) is 1.55. The second-order valence-corrected chi connectivity index (χ2v) is 10.7. The molecule has 1 aromatic heterocycles. The van der Waals surface area contributed by atoms with Crippen molar-refractivity contribution < 1.29 is 41.4 Å². The molecule has 0 spiro atoms. The fourth-order valence-corrected chi connectivity index (χ4v) is 6.14. The summed E-state index contributed by atoms with van der Waals surface area (Å²) in [6.45, 7) is 3.05. The number of aliphatic hydroxyl groups excluding tert-OH is 1. The molecular formula is C30H33ClN3O6-. The minimum absolute atomic E-state index is 0. The Labute approximate surface area is 239 Å². The molecule has 0 radical (unpaired) electrons. The topological polar surface area (TPSA) is 101 Å². The third-order valence-corrected chi connectivity index (χ3v) is 8.36. The van der Waals surface area contributed by atoms with Crippen LogP contribution in [0.4, 0.5) is 4.79 Å². The van der Waals surface area contributed by atoms with Gasteiger partial charge in [0.1, 0.15) is 12.4 Å². The Kier molecular flexibility index (Phi) is 8.16. The summed E-state index contributed by atoms with van der Waals surface area (Å²) in [5, 5.41) is 10.1. The van der Waals surface area contributed by atoms with Crippen LogP contribution in [0.15, 0.2) is 42.5 Å². The molecule has 1 unspecified atom stereocenters. The molecule has 3 aromatic rings. The second kappa shape index (κ2) is 11.6. The SMILES string of the molecule is CN1C(=O)C2CN(Cc3c2c2cc(OCCC4CCOCC4)ccc2n3Cc2ccc(C(=O)CO)cc2)C1=O.[Cl-]. The first-order chi connectivity index (χ1) is 18.9. The minimum Gasteiger partial charge on any atom is -1.00 e. The van der Waals surface area contributed by atoms with Crippen molar-refractivity contribution >= 4 is 28.6 Å². The summed E-state index contributed by atoms with van der Waals surface area (Å²) in [5.74, 6) is 0.457. The first-order valence-corrected chi connectivity index (χ1v) is 13.6. The zero-order valence-corrected chi connectivity index (χ0v) is 23.2. The van der Waals surface area contributed by atoms with Crippen LogP contribution in [0.25, 0.3) is 10.9 Å². The molecule has 2 saturated heterocycles. The van der Waals surface area contributed by atoms with E-state index in [1.54, 1.807) is 24.1 Å². The van der Waals surface area contributed by atoms with E-state index >= 15 is 0 Å². The Morgan fingerprint density at radius 2 is 1.85 bits per heavy atom. The third-order valence-electron chi connectivity index (χ3n) is 8.36. The Hall–Kier alpha value is -3.40. The van der Waals surface area contributed by atoms with Crippen molar-refractivity contribution in [2.45, 2.75) is 38.3 Å². The number of likely N-dealkylation sites (N-methyl/N-ethyl adjacent to an activating group) is 1. The zero-order valence-electron chi connectivity index (χ0n) is 22.5. The molecule has 3 amide bonds. The number of rotatable bonds is 8. The molecule has 40 heavy (non-hydrogen) atoms. The van der Waals surface area contributed by atoms with Crippen LogP contribution < -0.4 is 17.1 Å². The van der Waals surface area contributed by atoms with Gasteiger partial charge in [0.15, 0.2) is 5.78 Å². The number of amides is 3. The van der Waals surface area contributed by atoms with Gasteiger partial charge >= 0.3 is 6.03 Å². The predicted molar refractivity (Wildman–Crippen MR) is 144 cm³/mol. The van der Waals surface area contributed by atoms with Gasteiger partial charge in [0.2, 0.25) is 5.91 Å². The molecule has 9 nitrogen and oxygen atoms in total. The highest BCUT2D eigenvalue weighted by Crippen LogP contribution is 2.42. The summed E-state index contributed by atoms with van der Waals surface area (Å²) in [5.41, 5.74) is 4.33. The normalized spacial score (nSPS) is 19.0. The standard InChI is InChI=1S/C30H33N3O6.ClH/c1-31-29(36)24-16-32(30(31)37)17-26-28(24)23-14-22(39-13-10-19-8-11-38-12-9-19)6-7-25(23)33(26)15-20-2-4-21(5-3-20)27(35)18-34;/h2-7,14,19,24,34H,8-13,15-18H2,1H3;1H/p-1. The summed E-state index contributed by atoms with van der Waals surface area (Å²) < 4.78 is 13.8. The van der Waals surface area contributed by atoms with Crippen LogP contribution in [0.1, 0.15) is 52.4 Å². The second-order valence-electron chi connectivity index (χ2n) is 10.7. The summed E-state index contributed by atoms with van der Waals surface area (Å²) in [6, 6.07) is 13.0. The van der Waals surface area contributed by atoms with E-state index in [4.69, 9.17) is 14.6 Å². The summed E-state index contributed by atoms with van der Waals surface area (Å²) >= 11 is 0. The van der Waals surface area contributed by atoms with Crippen LogP contribution in [-0.2, 0) is 22.6 Å². The van der Waals surface area contributed by atoms with Crippen molar-refractivity contribution in [3.8, 4) is 5.75 Å². The van der Waals surface area contributed by atoms with Gasteiger partial charge in [0.05, 0.1) is 19.1 Å². The number of benzene rings is 2. The van der Waals surface area contributed by atoms with Crippen molar-refractivity contribution in [2.75, 3.05) is 40.0 Å². The number of halogens is 1. The van der Waals surface area contributed by atoms with E-state index in [-0.39, 0.29) is 30.1 Å². The minimum atomic E-state index is -0.526. The molecular weight excluding hydrogens is 534 g/mol. The van der Waals surface area contributed by atoms with Crippen molar-refractivity contribution in [3.63, 3.8) is 0 Å². The Morgan fingerprint density at radius 1 is 1.10 bits per heavy atom. The van der Waals surface area contributed by atoms with Gasteiger partial charge in [-0.05, 0) is 54.5 Å². The summed E-state index contributed by atoms with van der Waals surface area (Å²) in [4.78, 5) is 40.9. The lowest BCUT2D eigenvalue weighted by Crippen LogP contribution is -3.00. The van der Waals surface area contributed by atoms with Crippen molar-refractivity contribution in [2.24, 2.45) is 5.92 Å². The van der Waals surface area contributed by atoms with Gasteiger partial charge in [-0.2, -0.15) is 0 Å². The van der Waals surface area contributed by atoms with Crippen LogP contribution >= 0.6 is 0 Å². The number of ether oxygens (including phenoxy) is 2. The number of hydrogen-bond donors (Lipinski definition) is 1. The lowest BCUT2D eigenvalue weighted by atomic mass is 9.89. The molecule has 0 saturated carbocycles. The number of carbonyl (C=O) groups is 3. The van der Waals surface area contributed by atoms with Crippen LogP contribution in [0.3, 0.4) is 0 Å². The molecule has 4 heterocycles. The molecule has 2 bridgehead atoms. The molecule has 1 N–H and O–H groups in total. The van der Waals surface area contributed by atoms with E-state index in [1.807, 2.05) is 30.3 Å². The number of aromatic nitrogens is 1. The van der Waals surface area contributed by atoms with E-state index < -0.39 is 12.5 Å². The molecule has 6 rings (SSSR count). The molecule has 2 fully saturated rings. The maximum Gasteiger partial charge on any atom is 0.326 e. The smallest absolute Gasteiger partial charge is 0.326 e. The van der Waals surface area contributed by atoms with E-state index in [1.165, 1.54) is 4.90 Å². The van der Waals surface area contributed by atoms with Crippen LogP contribution in [0.5, 0.6) is 5.75 Å². The lowest BCUT2D eigenvalue weighted by Gasteiger charge is -2.41. The van der Waals surface area contributed by atoms with Gasteiger partial charge < -0.3 is 36.5 Å². The highest BCUT2D eigenvalue weighted by Gasteiger charge is 2.44. The predicted octanol–water partition coefficient (Wildman–Crippen LogP) is 0.555. The van der Waals surface area contributed by atoms with Crippen molar-refractivity contribution in [3.05, 3.63) is 64.8 Å². The third kappa shape index (κ3) is 5.09. The molecule has 1 atom stereocenters. The summed E-state index contributed by atoms with van der Waals surface area (Å²) in [6.07, 6.45) is 3.12. The number of aliphatic hydroxyl groups is 1. The van der Waals surface area contributed by atoms with Crippen LogP contribution in [-0.4, -0.2) is 77.2 Å². The van der Waals surface area contributed by atoms with Crippen molar-refractivity contribution in [1.29, 1.82) is 0 Å². The maximum atomic E-state index is 13.3. The zero-order chi connectivity index (χ0) is 27.1. The number of fused-ring (bicyclic) bond motifs is 6. The van der Waals surface area contributed by atoms with E-state index in [2.05, 4.69) is 4.57 Å². The number of hydrogen-bond acceptors (Lipinski definition) is 6. The average molecular weight is 567 g/mol. The molecule has 3 aliphatic heterocycles. The maximum absolute atomic E-state index is 13.3. The van der Waals surface area contributed by atoms with E-state index in [0.29, 0.717) is 37.7 Å².